The molecule has 5 fully saturated rings. The van der Waals surface area contributed by atoms with Crippen LogP contribution in [0, 0.1) is 23.2 Å². The van der Waals surface area contributed by atoms with E-state index in [2.05, 4.69) is 11.2 Å². The standard InChI is InChI=1S/C18H26NO3/c1-11(2)18-9-12-8-14(17(18,3)21)16(20)13(10-18)15(12)19-4-6-22-7-5-19/h12-14,21H,1,4-10H2,2-3H3/q+1/t12-,13+,14-,17?,18+/m1/s1. The third kappa shape index (κ3) is 1.60. The Kier molecular flexibility index (Phi) is 2.99. The summed E-state index contributed by atoms with van der Waals surface area (Å²) in [6.45, 7) is 11.4. The summed E-state index contributed by atoms with van der Waals surface area (Å²) in [4.78, 5) is 12.9. The van der Waals surface area contributed by atoms with Gasteiger partial charge in [-0.3, -0.25) is 4.79 Å². The van der Waals surface area contributed by atoms with Gasteiger partial charge in [0.05, 0.1) is 11.5 Å². The second-order valence-corrected chi connectivity index (χ2v) is 7.88. The summed E-state index contributed by atoms with van der Waals surface area (Å²) in [5, 5.41) is 11.2. The molecule has 0 radical (unpaired) electrons. The van der Waals surface area contributed by atoms with Crippen molar-refractivity contribution in [2.45, 2.75) is 38.7 Å². The number of carbonyl (C=O) groups is 1. The maximum absolute atomic E-state index is 12.9. The zero-order chi connectivity index (χ0) is 15.7. The molecule has 120 valence electrons. The van der Waals surface area contributed by atoms with Crippen molar-refractivity contribution in [3.05, 3.63) is 12.2 Å². The Morgan fingerprint density at radius 2 is 2.05 bits per heavy atom. The lowest BCUT2D eigenvalue weighted by Gasteiger charge is -2.63. The molecular weight excluding hydrogens is 278 g/mol. The Bertz CT molecular complexity index is 583. The first-order valence-corrected chi connectivity index (χ1v) is 8.50. The van der Waals surface area contributed by atoms with E-state index in [0.29, 0.717) is 5.92 Å². The Morgan fingerprint density at radius 3 is 2.68 bits per heavy atom. The van der Waals surface area contributed by atoms with Crippen LogP contribution in [0.1, 0.15) is 33.1 Å². The minimum absolute atomic E-state index is 0.00692. The predicted octanol–water partition coefficient (Wildman–Crippen LogP) is 1.41. The molecule has 0 aromatic heterocycles. The molecule has 1 aliphatic heterocycles. The van der Waals surface area contributed by atoms with Crippen LogP contribution in [0.3, 0.4) is 0 Å². The van der Waals surface area contributed by atoms with Gasteiger partial charge in [-0.15, -0.1) is 0 Å². The Balaban J connectivity index is 1.82. The van der Waals surface area contributed by atoms with E-state index in [1.807, 2.05) is 13.8 Å². The summed E-state index contributed by atoms with van der Waals surface area (Å²) < 4.78 is 7.86. The van der Waals surface area contributed by atoms with Gasteiger partial charge in [-0.2, -0.15) is 0 Å². The number of ether oxygens (including phenoxy) is 1. The topological polar surface area (TPSA) is 49.5 Å². The van der Waals surface area contributed by atoms with Gasteiger partial charge in [-0.1, -0.05) is 12.2 Å². The van der Waals surface area contributed by atoms with Crippen LogP contribution in [0.4, 0.5) is 0 Å². The number of hydrogen-bond acceptors (Lipinski definition) is 3. The van der Waals surface area contributed by atoms with Gasteiger partial charge in [0.2, 0.25) is 0 Å². The number of Topliss-reactive ketones (excluding diaryl/α,β-unsaturated/α-hetero) is 1. The van der Waals surface area contributed by atoms with E-state index < -0.39 is 5.60 Å². The number of aliphatic hydroxyl groups is 1. The van der Waals surface area contributed by atoms with Crippen LogP contribution < -0.4 is 0 Å². The van der Waals surface area contributed by atoms with Crippen molar-refractivity contribution in [1.82, 2.24) is 0 Å². The van der Waals surface area contributed by atoms with Crippen molar-refractivity contribution in [3.63, 3.8) is 0 Å². The highest BCUT2D eigenvalue weighted by molar-refractivity contribution is 6.09. The van der Waals surface area contributed by atoms with Crippen LogP contribution >= 0.6 is 0 Å². The summed E-state index contributed by atoms with van der Waals surface area (Å²) in [6, 6.07) is 0. The van der Waals surface area contributed by atoms with Gasteiger partial charge in [-0.25, -0.2) is 4.58 Å². The highest BCUT2D eigenvalue weighted by atomic mass is 16.5. The number of ketones is 1. The summed E-state index contributed by atoms with van der Waals surface area (Å²) in [5.74, 6) is 0.467. The molecular formula is C18H26NO3+. The third-order valence-corrected chi connectivity index (χ3v) is 6.97. The summed E-state index contributed by atoms with van der Waals surface area (Å²) in [7, 11) is 0. The second kappa shape index (κ2) is 4.51. The molecule has 5 atom stereocenters. The van der Waals surface area contributed by atoms with E-state index in [9.17, 15) is 9.90 Å². The zero-order valence-corrected chi connectivity index (χ0v) is 13.6. The normalized spacial score (nSPS) is 47.2. The molecule has 22 heavy (non-hydrogen) atoms. The van der Waals surface area contributed by atoms with E-state index in [1.54, 1.807) is 0 Å². The van der Waals surface area contributed by atoms with Gasteiger partial charge in [0.15, 0.2) is 24.6 Å². The van der Waals surface area contributed by atoms with Crippen molar-refractivity contribution in [2.24, 2.45) is 23.2 Å². The summed E-state index contributed by atoms with van der Waals surface area (Å²) in [6.07, 6.45) is 2.50. The zero-order valence-electron chi connectivity index (χ0n) is 13.6. The van der Waals surface area contributed by atoms with Crippen molar-refractivity contribution in [3.8, 4) is 0 Å². The Morgan fingerprint density at radius 1 is 1.36 bits per heavy atom. The van der Waals surface area contributed by atoms with E-state index in [1.165, 1.54) is 5.71 Å². The second-order valence-electron chi connectivity index (χ2n) is 7.88. The van der Waals surface area contributed by atoms with Gasteiger partial charge >= 0.3 is 0 Å². The third-order valence-electron chi connectivity index (χ3n) is 6.97. The maximum Gasteiger partial charge on any atom is 0.166 e. The first-order valence-electron chi connectivity index (χ1n) is 8.50. The average molecular weight is 304 g/mol. The van der Waals surface area contributed by atoms with Crippen LogP contribution in [0.5, 0.6) is 0 Å². The van der Waals surface area contributed by atoms with Crippen LogP contribution in [0.15, 0.2) is 12.2 Å². The van der Waals surface area contributed by atoms with Crippen LogP contribution in [0.2, 0.25) is 0 Å². The van der Waals surface area contributed by atoms with E-state index in [-0.39, 0.29) is 23.0 Å². The summed E-state index contributed by atoms with van der Waals surface area (Å²) in [5.41, 5.74) is 1.18. The molecule has 4 aliphatic carbocycles. The van der Waals surface area contributed by atoms with E-state index in [0.717, 1.165) is 51.1 Å². The Hall–Kier alpha value is -1.00. The lowest BCUT2D eigenvalue weighted by atomic mass is 9.41. The average Bonchev–Trinajstić information content (AvgIpc) is 2.49. The quantitative estimate of drug-likeness (QED) is 0.589. The molecule has 0 aromatic rings. The van der Waals surface area contributed by atoms with E-state index >= 15 is 0 Å². The largest absolute Gasteiger partial charge is 0.389 e. The number of nitrogens with zero attached hydrogens (tertiary/aromatic N) is 1. The maximum atomic E-state index is 12.9. The van der Waals surface area contributed by atoms with Gasteiger partial charge < -0.3 is 9.84 Å². The molecule has 4 bridgehead atoms. The van der Waals surface area contributed by atoms with Crippen LogP contribution in [0.25, 0.3) is 0 Å². The molecule has 4 saturated carbocycles. The monoisotopic (exact) mass is 304 g/mol. The molecule has 0 amide bonds. The number of carbonyl (C=O) groups excluding carboxylic acids is 1. The number of rotatable bonds is 1. The Labute approximate surface area is 131 Å². The number of hydrogen-bond donors (Lipinski definition) is 1. The fraction of sp³-hybridized carbons (Fsp3) is 0.778. The SMILES string of the molecule is C=C(C)[C@]12C[C@H]3C[C@H](C(=O)[C@@H](C1)C3=[N+]1CCOCC1)C2(C)O. The molecule has 5 aliphatic rings. The molecule has 4 nitrogen and oxygen atoms in total. The molecule has 1 unspecified atom stereocenters. The first kappa shape index (κ1) is 14.6. The lowest BCUT2D eigenvalue weighted by molar-refractivity contribution is -0.554. The van der Waals surface area contributed by atoms with Crippen molar-refractivity contribution < 1.29 is 19.2 Å². The van der Waals surface area contributed by atoms with Gasteiger partial charge in [0, 0.05) is 17.3 Å². The number of morpholine rings is 1. The molecule has 1 saturated heterocycles. The smallest absolute Gasteiger partial charge is 0.166 e. The minimum Gasteiger partial charge on any atom is -0.389 e. The van der Waals surface area contributed by atoms with Gasteiger partial charge in [0.25, 0.3) is 0 Å². The molecule has 1 heterocycles. The van der Waals surface area contributed by atoms with Crippen LogP contribution in [-0.4, -0.2) is 53.1 Å². The van der Waals surface area contributed by atoms with Gasteiger partial charge in [-0.05, 0) is 33.1 Å². The molecule has 5 rings (SSSR count). The van der Waals surface area contributed by atoms with Crippen molar-refractivity contribution in [2.75, 3.05) is 26.3 Å². The summed E-state index contributed by atoms with van der Waals surface area (Å²) >= 11 is 0. The lowest BCUT2D eigenvalue weighted by Crippen LogP contribution is -2.70. The fourth-order valence-corrected chi connectivity index (χ4v) is 5.77. The van der Waals surface area contributed by atoms with Crippen LogP contribution in [-0.2, 0) is 9.53 Å². The fourth-order valence-electron chi connectivity index (χ4n) is 5.77. The molecule has 0 spiro atoms. The molecule has 1 N–H and O–H groups in total. The highest BCUT2D eigenvalue weighted by Gasteiger charge is 2.70. The molecule has 0 aromatic carbocycles. The van der Waals surface area contributed by atoms with Gasteiger partial charge in [0.1, 0.15) is 13.2 Å². The minimum atomic E-state index is -0.931. The van der Waals surface area contributed by atoms with Crippen molar-refractivity contribution >= 4 is 11.5 Å². The molecule has 4 heteroatoms. The predicted molar refractivity (Wildman–Crippen MR) is 83.0 cm³/mol. The van der Waals surface area contributed by atoms with E-state index in [4.69, 9.17) is 4.74 Å². The highest BCUT2D eigenvalue weighted by Crippen LogP contribution is 2.64. The van der Waals surface area contributed by atoms with Crippen molar-refractivity contribution in [1.29, 1.82) is 0 Å². The first-order chi connectivity index (χ1) is 10.4.